The Balaban J connectivity index is 2.73. The molecule has 0 atom stereocenters. The Hall–Kier alpha value is -1.80. The molecule has 1 rings (SSSR count). The van der Waals surface area contributed by atoms with Crippen LogP contribution in [-0.2, 0) is 20.8 Å². The summed E-state index contributed by atoms with van der Waals surface area (Å²) in [4.78, 5) is 25.2. The van der Waals surface area contributed by atoms with Gasteiger partial charge in [-0.2, -0.15) is 0 Å². The number of hydrogen-bond donors (Lipinski definition) is 3. The SMILES string of the molecule is CCCCOC(OCCCC)c1c(O)[nH]c(=O)n1CCCCCCC(=O)O. The smallest absolute Gasteiger partial charge is 0.328 e. The third kappa shape index (κ3) is 8.62. The van der Waals surface area contributed by atoms with E-state index < -0.39 is 17.9 Å². The number of aromatic hydroxyl groups is 1. The van der Waals surface area contributed by atoms with E-state index in [1.54, 1.807) is 0 Å². The van der Waals surface area contributed by atoms with Crippen molar-refractivity contribution in [2.75, 3.05) is 13.2 Å². The van der Waals surface area contributed by atoms with Gasteiger partial charge in [0.1, 0.15) is 5.69 Å². The van der Waals surface area contributed by atoms with Crippen LogP contribution in [0.25, 0.3) is 0 Å². The molecule has 0 bridgehead atoms. The maximum Gasteiger partial charge on any atom is 0.328 e. The molecule has 8 nitrogen and oxygen atoms in total. The van der Waals surface area contributed by atoms with Gasteiger partial charge in [-0.05, 0) is 25.7 Å². The second-order valence-corrected chi connectivity index (χ2v) is 6.65. The number of hydrogen-bond acceptors (Lipinski definition) is 5. The summed E-state index contributed by atoms with van der Waals surface area (Å²) in [6.07, 6.45) is 5.99. The molecular formula is C19H34N2O6. The number of carbonyl (C=O) groups is 1. The molecule has 156 valence electrons. The van der Waals surface area contributed by atoms with Crippen LogP contribution in [0.5, 0.6) is 5.88 Å². The van der Waals surface area contributed by atoms with Crippen molar-refractivity contribution in [2.24, 2.45) is 0 Å². The van der Waals surface area contributed by atoms with E-state index in [0.717, 1.165) is 38.5 Å². The summed E-state index contributed by atoms with van der Waals surface area (Å²) in [7, 11) is 0. The van der Waals surface area contributed by atoms with Crippen LogP contribution in [0.15, 0.2) is 4.79 Å². The highest BCUT2D eigenvalue weighted by molar-refractivity contribution is 5.66. The first-order chi connectivity index (χ1) is 13.0. The fourth-order valence-electron chi connectivity index (χ4n) is 2.71. The molecule has 0 aliphatic heterocycles. The number of aliphatic carboxylic acids is 1. The number of H-pyrrole nitrogens is 1. The summed E-state index contributed by atoms with van der Waals surface area (Å²) >= 11 is 0. The maximum atomic E-state index is 12.2. The number of unbranched alkanes of at least 4 members (excludes halogenated alkanes) is 5. The van der Waals surface area contributed by atoms with Gasteiger partial charge in [0.25, 0.3) is 0 Å². The van der Waals surface area contributed by atoms with E-state index in [-0.39, 0.29) is 12.3 Å². The standard InChI is InChI=1S/C19H34N2O6/c1-3-5-13-26-18(27-14-6-4-2)16-17(24)20-19(25)21(16)12-10-8-7-9-11-15(22)23/h18,24H,3-14H2,1-2H3,(H,20,25)(H,22,23). The van der Waals surface area contributed by atoms with E-state index >= 15 is 0 Å². The molecule has 0 aliphatic carbocycles. The van der Waals surface area contributed by atoms with E-state index in [2.05, 4.69) is 18.8 Å². The fraction of sp³-hybridized carbons (Fsp3) is 0.789. The Kier molecular flexibility index (Phi) is 11.5. The average Bonchev–Trinajstić information content (AvgIpc) is 2.90. The van der Waals surface area contributed by atoms with E-state index in [0.29, 0.717) is 38.3 Å². The van der Waals surface area contributed by atoms with Crippen molar-refractivity contribution in [3.8, 4) is 5.88 Å². The highest BCUT2D eigenvalue weighted by atomic mass is 16.7. The number of carboxylic acid groups (broad SMARTS) is 1. The van der Waals surface area contributed by atoms with E-state index in [9.17, 15) is 14.7 Å². The lowest BCUT2D eigenvalue weighted by atomic mass is 10.1. The molecule has 0 fully saturated rings. The van der Waals surface area contributed by atoms with Crippen molar-refractivity contribution in [3.63, 3.8) is 0 Å². The molecule has 0 aromatic carbocycles. The summed E-state index contributed by atoms with van der Waals surface area (Å²) in [5, 5.41) is 18.9. The van der Waals surface area contributed by atoms with Crippen molar-refractivity contribution in [1.82, 2.24) is 9.55 Å². The molecule has 0 spiro atoms. The normalized spacial score (nSPS) is 11.4. The molecule has 0 unspecified atom stereocenters. The zero-order chi connectivity index (χ0) is 20.1. The number of nitrogens with one attached hydrogen (secondary N) is 1. The zero-order valence-corrected chi connectivity index (χ0v) is 16.5. The van der Waals surface area contributed by atoms with Gasteiger partial charge in [-0.15, -0.1) is 0 Å². The predicted molar refractivity (Wildman–Crippen MR) is 102 cm³/mol. The Morgan fingerprint density at radius 1 is 1.04 bits per heavy atom. The second kappa shape index (κ2) is 13.4. The molecule has 27 heavy (non-hydrogen) atoms. The van der Waals surface area contributed by atoms with E-state index in [1.807, 2.05) is 0 Å². The Labute approximate surface area is 160 Å². The monoisotopic (exact) mass is 386 g/mol. The zero-order valence-electron chi connectivity index (χ0n) is 16.5. The summed E-state index contributed by atoms with van der Waals surface area (Å²) in [6.45, 7) is 5.51. The summed E-state index contributed by atoms with van der Waals surface area (Å²) in [5.41, 5.74) is -0.0611. The number of aromatic nitrogens is 2. The van der Waals surface area contributed by atoms with Gasteiger partial charge in [0, 0.05) is 13.0 Å². The van der Waals surface area contributed by atoms with Gasteiger partial charge in [-0.3, -0.25) is 14.3 Å². The van der Waals surface area contributed by atoms with Crippen LogP contribution in [0.3, 0.4) is 0 Å². The Morgan fingerprint density at radius 2 is 1.63 bits per heavy atom. The summed E-state index contributed by atoms with van der Waals surface area (Å²) in [6, 6.07) is 0. The Bertz CT molecular complexity index is 586. The van der Waals surface area contributed by atoms with Gasteiger partial charge < -0.3 is 19.7 Å². The van der Waals surface area contributed by atoms with Crippen LogP contribution in [0.2, 0.25) is 0 Å². The lowest BCUT2D eigenvalue weighted by molar-refractivity contribution is -0.152. The topological polar surface area (TPSA) is 114 Å². The minimum atomic E-state index is -0.791. The van der Waals surface area contributed by atoms with Crippen molar-refractivity contribution in [3.05, 3.63) is 16.2 Å². The lowest BCUT2D eigenvalue weighted by Gasteiger charge is -2.20. The number of aromatic amines is 1. The van der Waals surface area contributed by atoms with Gasteiger partial charge in [0.15, 0.2) is 0 Å². The highest BCUT2D eigenvalue weighted by Gasteiger charge is 2.24. The number of imidazole rings is 1. The molecule has 1 heterocycles. The van der Waals surface area contributed by atoms with Crippen molar-refractivity contribution < 1.29 is 24.5 Å². The van der Waals surface area contributed by atoms with Crippen LogP contribution in [-0.4, -0.2) is 38.9 Å². The quantitative estimate of drug-likeness (QED) is 0.296. The number of carboxylic acids is 1. The maximum absolute atomic E-state index is 12.2. The van der Waals surface area contributed by atoms with Crippen molar-refractivity contribution >= 4 is 5.97 Å². The van der Waals surface area contributed by atoms with Crippen LogP contribution in [0.1, 0.15) is 83.6 Å². The van der Waals surface area contributed by atoms with E-state index in [4.69, 9.17) is 14.6 Å². The first-order valence-corrected chi connectivity index (χ1v) is 9.97. The van der Waals surface area contributed by atoms with Crippen LogP contribution >= 0.6 is 0 Å². The van der Waals surface area contributed by atoms with Gasteiger partial charge in [-0.1, -0.05) is 39.5 Å². The number of ether oxygens (including phenoxy) is 2. The average molecular weight is 386 g/mol. The highest BCUT2D eigenvalue weighted by Crippen LogP contribution is 2.26. The summed E-state index contributed by atoms with van der Waals surface area (Å²) in [5.74, 6) is -1.01. The lowest BCUT2D eigenvalue weighted by Crippen LogP contribution is -2.23. The van der Waals surface area contributed by atoms with Gasteiger partial charge in [0.2, 0.25) is 12.2 Å². The number of nitrogens with zero attached hydrogens (tertiary/aromatic N) is 1. The van der Waals surface area contributed by atoms with E-state index in [1.165, 1.54) is 4.57 Å². The molecule has 0 saturated carbocycles. The summed E-state index contributed by atoms with van der Waals surface area (Å²) < 4.78 is 13.1. The third-order valence-electron chi connectivity index (χ3n) is 4.28. The third-order valence-corrected chi connectivity index (χ3v) is 4.28. The molecule has 0 radical (unpaired) electrons. The van der Waals surface area contributed by atoms with Gasteiger partial charge in [0.05, 0.1) is 13.2 Å². The minimum absolute atomic E-state index is 0.161. The Morgan fingerprint density at radius 3 is 2.19 bits per heavy atom. The molecule has 0 aliphatic rings. The molecule has 0 amide bonds. The largest absolute Gasteiger partial charge is 0.493 e. The van der Waals surface area contributed by atoms with Crippen LogP contribution in [0, 0.1) is 0 Å². The second-order valence-electron chi connectivity index (χ2n) is 6.65. The molecule has 1 aromatic rings. The molecule has 0 saturated heterocycles. The fourth-order valence-corrected chi connectivity index (χ4v) is 2.71. The number of rotatable bonds is 16. The van der Waals surface area contributed by atoms with Crippen molar-refractivity contribution in [2.45, 2.75) is 84.5 Å². The molecule has 8 heteroatoms. The molecular weight excluding hydrogens is 352 g/mol. The van der Waals surface area contributed by atoms with Crippen LogP contribution in [0.4, 0.5) is 0 Å². The predicted octanol–water partition coefficient (Wildman–Crippen LogP) is 3.55. The minimum Gasteiger partial charge on any atom is -0.493 e. The van der Waals surface area contributed by atoms with Gasteiger partial charge in [-0.25, -0.2) is 4.79 Å². The molecule has 3 N–H and O–H groups in total. The van der Waals surface area contributed by atoms with Gasteiger partial charge >= 0.3 is 11.7 Å². The van der Waals surface area contributed by atoms with Crippen molar-refractivity contribution in [1.29, 1.82) is 0 Å². The molecule has 1 aromatic heterocycles. The first kappa shape index (κ1) is 23.2. The van der Waals surface area contributed by atoms with Crippen LogP contribution < -0.4 is 5.69 Å². The first-order valence-electron chi connectivity index (χ1n) is 9.97.